The number of carbonyl (C=O) groups is 1. The second-order valence-electron chi connectivity index (χ2n) is 4.21. The summed E-state index contributed by atoms with van der Waals surface area (Å²) >= 11 is 0. The quantitative estimate of drug-likeness (QED) is 0.823. The molecule has 1 saturated carbocycles. The van der Waals surface area contributed by atoms with Gasteiger partial charge in [0.05, 0.1) is 0 Å². The Labute approximate surface area is 101 Å². The van der Waals surface area contributed by atoms with E-state index < -0.39 is 5.54 Å². The molecule has 0 bridgehead atoms. The van der Waals surface area contributed by atoms with E-state index in [0.29, 0.717) is 6.61 Å². The van der Waals surface area contributed by atoms with E-state index in [9.17, 15) is 4.79 Å². The Morgan fingerprint density at radius 2 is 2.06 bits per heavy atom. The molecule has 88 valence electrons. The standard InChI is InChI=1S/C12H15NO2.ClH/c1-9-7-12(9,13)11(14)15-8-10-5-3-2-4-6-10;/h2-6,9H,7-8,13H2,1H3;1H/t9-,12-;/m0./s1. The molecule has 3 nitrogen and oxygen atoms in total. The van der Waals surface area contributed by atoms with Gasteiger partial charge in [0.1, 0.15) is 12.1 Å². The highest BCUT2D eigenvalue weighted by Gasteiger charge is 2.55. The highest BCUT2D eigenvalue weighted by molar-refractivity contribution is 5.85. The molecule has 1 aliphatic rings. The van der Waals surface area contributed by atoms with Crippen molar-refractivity contribution < 1.29 is 9.53 Å². The van der Waals surface area contributed by atoms with Crippen LogP contribution in [0.25, 0.3) is 0 Å². The second kappa shape index (κ2) is 4.85. The Balaban J connectivity index is 0.00000128. The average Bonchev–Trinajstić information content (AvgIpc) is 2.86. The van der Waals surface area contributed by atoms with Crippen molar-refractivity contribution in [3.05, 3.63) is 35.9 Å². The van der Waals surface area contributed by atoms with Gasteiger partial charge in [0, 0.05) is 0 Å². The molecule has 16 heavy (non-hydrogen) atoms. The van der Waals surface area contributed by atoms with Crippen LogP contribution < -0.4 is 5.73 Å². The summed E-state index contributed by atoms with van der Waals surface area (Å²) in [7, 11) is 0. The Morgan fingerprint density at radius 3 is 2.56 bits per heavy atom. The number of benzene rings is 1. The number of halogens is 1. The molecule has 0 saturated heterocycles. The Bertz CT molecular complexity index is 369. The van der Waals surface area contributed by atoms with Gasteiger partial charge in [0.2, 0.25) is 0 Å². The molecule has 2 rings (SSSR count). The number of rotatable bonds is 3. The number of ether oxygens (including phenoxy) is 1. The molecule has 0 aliphatic heterocycles. The van der Waals surface area contributed by atoms with E-state index in [0.717, 1.165) is 12.0 Å². The molecule has 0 unspecified atom stereocenters. The van der Waals surface area contributed by atoms with Crippen molar-refractivity contribution in [1.29, 1.82) is 0 Å². The van der Waals surface area contributed by atoms with Crippen LogP contribution in [0.5, 0.6) is 0 Å². The zero-order valence-electron chi connectivity index (χ0n) is 9.18. The largest absolute Gasteiger partial charge is 0.459 e. The molecule has 2 atom stereocenters. The van der Waals surface area contributed by atoms with Crippen molar-refractivity contribution in [2.24, 2.45) is 11.7 Å². The van der Waals surface area contributed by atoms with Gasteiger partial charge in [-0.3, -0.25) is 4.79 Å². The van der Waals surface area contributed by atoms with Crippen molar-refractivity contribution >= 4 is 18.4 Å². The summed E-state index contributed by atoms with van der Waals surface area (Å²) in [6.07, 6.45) is 0.737. The lowest BCUT2D eigenvalue weighted by Crippen LogP contribution is -2.36. The Kier molecular flexibility index (Phi) is 3.94. The van der Waals surface area contributed by atoms with Crippen LogP contribution in [0.4, 0.5) is 0 Å². The van der Waals surface area contributed by atoms with Crippen LogP contribution in [-0.4, -0.2) is 11.5 Å². The van der Waals surface area contributed by atoms with Crippen molar-refractivity contribution in [3.8, 4) is 0 Å². The van der Waals surface area contributed by atoms with Gasteiger partial charge in [-0.15, -0.1) is 12.4 Å². The molecular weight excluding hydrogens is 226 g/mol. The van der Waals surface area contributed by atoms with Crippen LogP contribution in [0, 0.1) is 5.92 Å². The third-order valence-corrected chi connectivity index (χ3v) is 2.96. The van der Waals surface area contributed by atoms with E-state index in [4.69, 9.17) is 10.5 Å². The van der Waals surface area contributed by atoms with E-state index in [1.165, 1.54) is 0 Å². The van der Waals surface area contributed by atoms with Gasteiger partial charge in [0.15, 0.2) is 0 Å². The molecule has 4 heteroatoms. The van der Waals surface area contributed by atoms with E-state index in [-0.39, 0.29) is 24.3 Å². The predicted molar refractivity (Wildman–Crippen MR) is 64.2 cm³/mol. The highest BCUT2D eigenvalue weighted by atomic mass is 35.5. The van der Waals surface area contributed by atoms with Crippen LogP contribution in [-0.2, 0) is 16.1 Å². The van der Waals surface area contributed by atoms with Crippen molar-refractivity contribution in [2.45, 2.75) is 25.5 Å². The molecular formula is C12H16ClNO2. The van der Waals surface area contributed by atoms with Crippen LogP contribution in [0.2, 0.25) is 0 Å². The summed E-state index contributed by atoms with van der Waals surface area (Å²) in [6, 6.07) is 9.61. The third kappa shape index (κ3) is 2.54. The molecule has 0 spiro atoms. The Hall–Kier alpha value is -1.06. The summed E-state index contributed by atoms with van der Waals surface area (Å²) in [6.45, 7) is 2.27. The van der Waals surface area contributed by atoms with Gasteiger partial charge in [-0.25, -0.2) is 0 Å². The molecule has 1 aromatic carbocycles. The number of nitrogens with two attached hydrogens (primary N) is 1. The summed E-state index contributed by atoms with van der Waals surface area (Å²) in [5.74, 6) is -0.0281. The molecule has 0 radical (unpaired) electrons. The summed E-state index contributed by atoms with van der Waals surface area (Å²) in [5, 5.41) is 0. The zero-order valence-corrected chi connectivity index (χ0v) is 10.00. The van der Waals surface area contributed by atoms with Crippen molar-refractivity contribution in [1.82, 2.24) is 0 Å². The molecule has 2 N–H and O–H groups in total. The van der Waals surface area contributed by atoms with Crippen LogP contribution in [0.1, 0.15) is 18.9 Å². The molecule has 1 fully saturated rings. The fourth-order valence-corrected chi connectivity index (χ4v) is 1.59. The summed E-state index contributed by atoms with van der Waals surface area (Å²) in [5.41, 5.74) is 6.10. The van der Waals surface area contributed by atoms with Crippen molar-refractivity contribution in [3.63, 3.8) is 0 Å². The van der Waals surface area contributed by atoms with E-state index in [1.54, 1.807) is 0 Å². The van der Waals surface area contributed by atoms with Gasteiger partial charge in [-0.2, -0.15) is 0 Å². The lowest BCUT2D eigenvalue weighted by atomic mass is 10.2. The smallest absolute Gasteiger partial charge is 0.326 e. The van der Waals surface area contributed by atoms with Crippen molar-refractivity contribution in [2.75, 3.05) is 0 Å². The predicted octanol–water partition coefficient (Wildman–Crippen LogP) is 1.89. The van der Waals surface area contributed by atoms with Crippen LogP contribution in [0.3, 0.4) is 0 Å². The summed E-state index contributed by atoms with van der Waals surface area (Å²) in [4.78, 5) is 11.6. The maximum Gasteiger partial charge on any atom is 0.326 e. The normalized spacial score (nSPS) is 26.8. The lowest BCUT2D eigenvalue weighted by molar-refractivity contribution is -0.148. The Morgan fingerprint density at radius 1 is 1.50 bits per heavy atom. The number of hydrogen-bond donors (Lipinski definition) is 1. The zero-order chi connectivity index (χ0) is 10.9. The van der Waals surface area contributed by atoms with Crippen LogP contribution in [0.15, 0.2) is 30.3 Å². The minimum Gasteiger partial charge on any atom is -0.459 e. The fraction of sp³-hybridized carbons (Fsp3) is 0.417. The topological polar surface area (TPSA) is 52.3 Å². The first-order chi connectivity index (χ1) is 7.13. The first kappa shape index (κ1) is 13.0. The first-order valence-electron chi connectivity index (χ1n) is 5.13. The van der Waals surface area contributed by atoms with E-state index in [2.05, 4.69) is 0 Å². The van der Waals surface area contributed by atoms with Gasteiger partial charge in [0.25, 0.3) is 0 Å². The van der Waals surface area contributed by atoms with E-state index >= 15 is 0 Å². The van der Waals surface area contributed by atoms with Gasteiger partial charge < -0.3 is 10.5 Å². The fourth-order valence-electron chi connectivity index (χ4n) is 1.59. The first-order valence-corrected chi connectivity index (χ1v) is 5.13. The highest BCUT2D eigenvalue weighted by Crippen LogP contribution is 2.41. The molecule has 0 amide bonds. The maximum atomic E-state index is 11.6. The third-order valence-electron chi connectivity index (χ3n) is 2.96. The maximum absolute atomic E-state index is 11.6. The molecule has 1 aromatic rings. The minimum atomic E-state index is -0.714. The van der Waals surface area contributed by atoms with Gasteiger partial charge in [-0.05, 0) is 17.9 Å². The molecule has 0 aromatic heterocycles. The number of hydrogen-bond acceptors (Lipinski definition) is 3. The average molecular weight is 242 g/mol. The SMILES string of the molecule is C[C@H]1C[C@@]1(N)C(=O)OCc1ccccc1.Cl. The number of esters is 1. The monoisotopic (exact) mass is 241 g/mol. The number of carbonyl (C=O) groups excluding carboxylic acids is 1. The molecule has 1 aliphatic carbocycles. The summed E-state index contributed by atoms with van der Waals surface area (Å²) < 4.78 is 5.16. The van der Waals surface area contributed by atoms with E-state index in [1.807, 2.05) is 37.3 Å². The van der Waals surface area contributed by atoms with Gasteiger partial charge in [-0.1, -0.05) is 37.3 Å². The van der Waals surface area contributed by atoms with Crippen LogP contribution >= 0.6 is 12.4 Å². The van der Waals surface area contributed by atoms with Gasteiger partial charge >= 0.3 is 5.97 Å². The second-order valence-corrected chi connectivity index (χ2v) is 4.21. The molecule has 0 heterocycles. The minimum absolute atomic E-state index is 0. The lowest BCUT2D eigenvalue weighted by Gasteiger charge is -2.10.